The molecular formula is C22H31N5O2S. The molecule has 30 heavy (non-hydrogen) atoms. The number of aromatic nitrogens is 4. The molecule has 3 rings (SSSR count). The van der Waals surface area contributed by atoms with E-state index in [2.05, 4.69) is 35.8 Å². The zero-order valence-electron chi connectivity index (χ0n) is 18.2. The second-order valence-corrected chi connectivity index (χ2v) is 9.99. The molecule has 0 saturated heterocycles. The lowest BCUT2D eigenvalue weighted by Gasteiger charge is -2.21. The highest BCUT2D eigenvalue weighted by Crippen LogP contribution is 2.20. The number of hydrogen-bond donors (Lipinski definition) is 0. The van der Waals surface area contributed by atoms with E-state index in [4.69, 9.17) is 0 Å². The van der Waals surface area contributed by atoms with E-state index in [0.29, 0.717) is 19.0 Å². The van der Waals surface area contributed by atoms with Gasteiger partial charge in [0.1, 0.15) is 0 Å². The van der Waals surface area contributed by atoms with Crippen molar-refractivity contribution in [3.63, 3.8) is 0 Å². The average molecular weight is 430 g/mol. The molecule has 3 aromatic rings. The Morgan fingerprint density at radius 3 is 2.40 bits per heavy atom. The van der Waals surface area contributed by atoms with Crippen molar-refractivity contribution in [1.82, 2.24) is 24.2 Å². The summed E-state index contributed by atoms with van der Waals surface area (Å²) < 4.78 is 30.0. The van der Waals surface area contributed by atoms with E-state index >= 15 is 0 Å². The fourth-order valence-electron chi connectivity index (χ4n) is 3.51. The Hall–Kier alpha value is -2.45. The van der Waals surface area contributed by atoms with Gasteiger partial charge in [0.25, 0.3) is 0 Å². The molecule has 0 amide bonds. The van der Waals surface area contributed by atoms with Gasteiger partial charge in [-0.2, -0.15) is 5.10 Å². The van der Waals surface area contributed by atoms with Crippen molar-refractivity contribution in [1.29, 1.82) is 0 Å². The van der Waals surface area contributed by atoms with Gasteiger partial charge in [-0.05, 0) is 18.0 Å². The van der Waals surface area contributed by atoms with Crippen molar-refractivity contribution in [3.05, 3.63) is 65.7 Å². The second kappa shape index (κ2) is 9.57. The first kappa shape index (κ1) is 22.2. The fraction of sp³-hybridized carbons (Fsp3) is 0.455. The lowest BCUT2D eigenvalue weighted by Crippen LogP contribution is -2.25. The third-order valence-corrected chi connectivity index (χ3v) is 6.52. The summed E-state index contributed by atoms with van der Waals surface area (Å²) in [5.41, 5.74) is 2.82. The van der Waals surface area contributed by atoms with Crippen LogP contribution < -0.4 is 0 Å². The molecule has 0 spiro atoms. The van der Waals surface area contributed by atoms with Crippen molar-refractivity contribution in [2.75, 3.05) is 6.54 Å². The van der Waals surface area contributed by atoms with E-state index in [1.165, 1.54) is 0 Å². The summed E-state index contributed by atoms with van der Waals surface area (Å²) in [5.74, 6) is 0.257. The van der Waals surface area contributed by atoms with Crippen LogP contribution in [-0.2, 0) is 42.3 Å². The van der Waals surface area contributed by atoms with Crippen LogP contribution in [0.15, 0.2) is 54.1 Å². The molecule has 0 N–H and O–H groups in total. The summed E-state index contributed by atoms with van der Waals surface area (Å²) in [7, 11) is -1.64. The SMILES string of the molecule is CCN(Cc1cnn(C)c1)Cc1cnc(S(=O)(=O)Cc2ccccc2)n1CC(C)C. The average Bonchev–Trinajstić information content (AvgIpc) is 3.27. The molecule has 0 fully saturated rings. The lowest BCUT2D eigenvalue weighted by atomic mass is 10.2. The van der Waals surface area contributed by atoms with Gasteiger partial charge in [-0.25, -0.2) is 13.4 Å². The molecule has 0 aliphatic heterocycles. The van der Waals surface area contributed by atoms with Crippen LogP contribution in [0.1, 0.15) is 37.6 Å². The van der Waals surface area contributed by atoms with Gasteiger partial charge >= 0.3 is 0 Å². The summed E-state index contributed by atoms with van der Waals surface area (Å²) in [4.78, 5) is 6.63. The van der Waals surface area contributed by atoms with Crippen LogP contribution in [0.25, 0.3) is 0 Å². The molecule has 0 bridgehead atoms. The number of hydrogen-bond acceptors (Lipinski definition) is 5. The molecule has 0 saturated carbocycles. The van der Waals surface area contributed by atoms with Gasteiger partial charge in [0, 0.05) is 38.4 Å². The van der Waals surface area contributed by atoms with Crippen molar-refractivity contribution >= 4 is 9.84 Å². The van der Waals surface area contributed by atoms with Crippen molar-refractivity contribution in [2.45, 2.75) is 51.3 Å². The molecule has 0 atom stereocenters. The Morgan fingerprint density at radius 1 is 1.07 bits per heavy atom. The minimum Gasteiger partial charge on any atom is -0.317 e. The largest absolute Gasteiger partial charge is 0.317 e. The predicted octanol–water partition coefficient (Wildman–Crippen LogP) is 3.27. The molecule has 0 aliphatic rings. The van der Waals surface area contributed by atoms with Crippen LogP contribution in [0.4, 0.5) is 0 Å². The summed E-state index contributed by atoms with van der Waals surface area (Å²) in [5, 5.41) is 4.40. The summed E-state index contributed by atoms with van der Waals surface area (Å²) in [6, 6.07) is 9.26. The van der Waals surface area contributed by atoms with Gasteiger partial charge in [-0.3, -0.25) is 9.58 Å². The van der Waals surface area contributed by atoms with Crippen LogP contribution in [0.5, 0.6) is 0 Å². The molecule has 0 unspecified atom stereocenters. The highest BCUT2D eigenvalue weighted by Gasteiger charge is 2.25. The molecule has 8 heteroatoms. The zero-order chi connectivity index (χ0) is 21.7. The van der Waals surface area contributed by atoms with E-state index < -0.39 is 9.84 Å². The number of sulfone groups is 1. The maximum atomic E-state index is 13.2. The minimum absolute atomic E-state index is 0.0461. The number of aryl methyl sites for hydroxylation is 1. The van der Waals surface area contributed by atoms with Crippen LogP contribution in [0.3, 0.4) is 0 Å². The Bertz CT molecular complexity index is 1050. The van der Waals surface area contributed by atoms with Crippen LogP contribution in [0, 0.1) is 5.92 Å². The highest BCUT2D eigenvalue weighted by atomic mass is 32.2. The highest BCUT2D eigenvalue weighted by molar-refractivity contribution is 7.90. The maximum absolute atomic E-state index is 13.2. The zero-order valence-corrected chi connectivity index (χ0v) is 19.0. The Balaban J connectivity index is 1.87. The predicted molar refractivity (Wildman–Crippen MR) is 117 cm³/mol. The van der Waals surface area contributed by atoms with E-state index in [0.717, 1.165) is 29.9 Å². The monoisotopic (exact) mass is 429 g/mol. The van der Waals surface area contributed by atoms with Crippen molar-refractivity contribution < 1.29 is 8.42 Å². The number of nitrogens with zero attached hydrogens (tertiary/aromatic N) is 5. The number of benzene rings is 1. The van der Waals surface area contributed by atoms with Gasteiger partial charge in [0.05, 0.1) is 23.8 Å². The van der Waals surface area contributed by atoms with Gasteiger partial charge in [0.15, 0.2) is 0 Å². The number of imidazole rings is 1. The van der Waals surface area contributed by atoms with E-state index in [-0.39, 0.29) is 10.9 Å². The molecular weight excluding hydrogens is 398 g/mol. The first-order valence-corrected chi connectivity index (χ1v) is 11.9. The fourth-order valence-corrected chi connectivity index (χ4v) is 5.01. The lowest BCUT2D eigenvalue weighted by molar-refractivity contribution is 0.261. The quantitative estimate of drug-likeness (QED) is 0.495. The second-order valence-electron chi connectivity index (χ2n) is 8.11. The van der Waals surface area contributed by atoms with Crippen molar-refractivity contribution in [2.24, 2.45) is 13.0 Å². The Labute approximate surface area is 179 Å². The first-order valence-electron chi connectivity index (χ1n) is 10.3. The van der Waals surface area contributed by atoms with Gasteiger partial charge in [-0.15, -0.1) is 0 Å². The molecule has 7 nitrogen and oxygen atoms in total. The molecule has 0 radical (unpaired) electrons. The summed E-state index contributed by atoms with van der Waals surface area (Å²) in [6.45, 7) is 9.12. The Morgan fingerprint density at radius 2 is 1.80 bits per heavy atom. The van der Waals surface area contributed by atoms with Crippen LogP contribution >= 0.6 is 0 Å². The molecule has 162 valence electrons. The first-order chi connectivity index (χ1) is 14.3. The van der Waals surface area contributed by atoms with Crippen LogP contribution in [-0.4, -0.2) is 39.2 Å². The van der Waals surface area contributed by atoms with E-state index in [1.54, 1.807) is 10.9 Å². The van der Waals surface area contributed by atoms with E-state index in [9.17, 15) is 8.42 Å². The van der Waals surface area contributed by atoms with Crippen molar-refractivity contribution in [3.8, 4) is 0 Å². The third-order valence-electron chi connectivity index (χ3n) is 4.92. The summed E-state index contributed by atoms with van der Waals surface area (Å²) >= 11 is 0. The maximum Gasteiger partial charge on any atom is 0.228 e. The molecule has 2 heterocycles. The van der Waals surface area contributed by atoms with Crippen LogP contribution in [0.2, 0.25) is 0 Å². The summed E-state index contributed by atoms with van der Waals surface area (Å²) in [6.07, 6.45) is 5.58. The molecule has 2 aromatic heterocycles. The molecule has 1 aromatic carbocycles. The topological polar surface area (TPSA) is 73.0 Å². The van der Waals surface area contributed by atoms with Gasteiger partial charge in [0.2, 0.25) is 15.0 Å². The third kappa shape index (κ3) is 5.58. The van der Waals surface area contributed by atoms with Gasteiger partial charge < -0.3 is 4.57 Å². The normalized spacial score (nSPS) is 12.2. The standard InChI is InChI=1S/C22H31N5O2S/c1-5-26(15-20-11-24-25(4)14-20)16-21-12-23-22(27(21)13-18(2)3)30(28,29)17-19-9-7-6-8-10-19/h6-12,14,18H,5,13,15-17H2,1-4H3. The Kier molecular flexibility index (Phi) is 7.10. The smallest absolute Gasteiger partial charge is 0.228 e. The number of rotatable bonds is 10. The minimum atomic E-state index is -3.55. The van der Waals surface area contributed by atoms with E-state index in [1.807, 2.05) is 54.3 Å². The van der Waals surface area contributed by atoms with Gasteiger partial charge in [-0.1, -0.05) is 51.1 Å². The molecule has 0 aliphatic carbocycles.